The van der Waals surface area contributed by atoms with Crippen LogP contribution in [0.1, 0.15) is 43.7 Å². The van der Waals surface area contributed by atoms with Gasteiger partial charge in [0.05, 0.1) is 28.9 Å². The standard InChI is InChI=1S/C24H30ClN7O3S/c1-13(2)36(33,34)23-20(12-32(4)31-23)28-22-18(25)11-27-24(30-22)29-19-7-14(3)17(15-9-26-10-15)8-21(19)35-16-5-6-16/h7-8,11-13,15-16,26H,5-6,9-10H2,1-4H3,(H2,27,28,29,30). The molecule has 1 saturated carbocycles. The first-order valence-electron chi connectivity index (χ1n) is 12.0. The summed E-state index contributed by atoms with van der Waals surface area (Å²) in [6.07, 6.45) is 5.38. The Kier molecular flexibility index (Phi) is 6.56. The molecule has 0 spiro atoms. The third-order valence-corrected chi connectivity index (χ3v) is 8.69. The highest BCUT2D eigenvalue weighted by atomic mass is 35.5. The smallest absolute Gasteiger partial charge is 0.229 e. The van der Waals surface area contributed by atoms with Crippen molar-refractivity contribution in [2.45, 2.75) is 55.9 Å². The van der Waals surface area contributed by atoms with Crippen molar-refractivity contribution in [2.75, 3.05) is 23.7 Å². The SMILES string of the molecule is Cc1cc(Nc2ncc(Cl)c(Nc3cn(C)nc3S(=O)(=O)C(C)C)n2)c(OC2CC2)cc1C1CNC1. The number of anilines is 4. The van der Waals surface area contributed by atoms with E-state index in [-0.39, 0.29) is 22.0 Å². The van der Waals surface area contributed by atoms with Crippen molar-refractivity contribution in [2.24, 2.45) is 7.05 Å². The van der Waals surface area contributed by atoms with Gasteiger partial charge in [-0.25, -0.2) is 13.4 Å². The summed E-state index contributed by atoms with van der Waals surface area (Å²) in [4.78, 5) is 8.86. The zero-order valence-corrected chi connectivity index (χ0v) is 22.2. The van der Waals surface area contributed by atoms with E-state index in [4.69, 9.17) is 16.3 Å². The van der Waals surface area contributed by atoms with Gasteiger partial charge in [-0.05, 0) is 56.9 Å². The molecule has 0 amide bonds. The highest BCUT2D eigenvalue weighted by Gasteiger charge is 2.29. The van der Waals surface area contributed by atoms with E-state index in [0.29, 0.717) is 17.6 Å². The minimum atomic E-state index is -3.62. The maximum Gasteiger partial charge on any atom is 0.229 e. The van der Waals surface area contributed by atoms with Gasteiger partial charge in [0.1, 0.15) is 10.8 Å². The van der Waals surface area contributed by atoms with Gasteiger partial charge in [0.15, 0.2) is 5.82 Å². The van der Waals surface area contributed by atoms with Crippen molar-refractivity contribution < 1.29 is 13.2 Å². The second kappa shape index (κ2) is 9.53. The van der Waals surface area contributed by atoms with Crippen molar-refractivity contribution in [1.82, 2.24) is 25.1 Å². The summed E-state index contributed by atoms with van der Waals surface area (Å²) in [6.45, 7) is 7.25. The third-order valence-electron chi connectivity index (χ3n) is 6.34. The largest absolute Gasteiger partial charge is 0.488 e. The number of ether oxygens (including phenoxy) is 1. The van der Waals surface area contributed by atoms with Crippen LogP contribution in [0.5, 0.6) is 5.75 Å². The monoisotopic (exact) mass is 531 g/mol. The molecular formula is C24H30ClN7O3S. The van der Waals surface area contributed by atoms with E-state index in [2.05, 4.69) is 50.1 Å². The van der Waals surface area contributed by atoms with Crippen molar-refractivity contribution in [3.8, 4) is 5.75 Å². The molecule has 1 aromatic carbocycles. The van der Waals surface area contributed by atoms with Gasteiger partial charge in [0.25, 0.3) is 0 Å². The summed E-state index contributed by atoms with van der Waals surface area (Å²) < 4.78 is 33.3. The summed E-state index contributed by atoms with van der Waals surface area (Å²) >= 11 is 6.37. The molecule has 1 aliphatic heterocycles. The fraction of sp³-hybridized carbons (Fsp3) is 0.458. The van der Waals surface area contributed by atoms with Crippen LogP contribution in [0.25, 0.3) is 0 Å². The van der Waals surface area contributed by atoms with Crippen LogP contribution in [-0.2, 0) is 16.9 Å². The molecule has 0 bridgehead atoms. The second-order valence-electron chi connectivity index (χ2n) is 9.63. The van der Waals surface area contributed by atoms with Crippen LogP contribution >= 0.6 is 11.6 Å². The Labute approximate surface area is 215 Å². The maximum atomic E-state index is 12.8. The molecule has 2 aromatic heterocycles. The van der Waals surface area contributed by atoms with Crippen LogP contribution in [0.3, 0.4) is 0 Å². The number of benzene rings is 1. The highest BCUT2D eigenvalue weighted by Crippen LogP contribution is 2.38. The van der Waals surface area contributed by atoms with Crippen LogP contribution in [-0.4, -0.2) is 52.6 Å². The van der Waals surface area contributed by atoms with E-state index in [0.717, 1.165) is 37.4 Å². The number of rotatable bonds is 9. The van der Waals surface area contributed by atoms with E-state index in [1.165, 1.54) is 22.0 Å². The van der Waals surface area contributed by atoms with Crippen molar-refractivity contribution >= 4 is 44.6 Å². The topological polar surface area (TPSA) is 123 Å². The molecule has 0 unspecified atom stereocenters. The molecule has 2 fully saturated rings. The highest BCUT2D eigenvalue weighted by molar-refractivity contribution is 7.92. The minimum Gasteiger partial charge on any atom is -0.488 e. The van der Waals surface area contributed by atoms with Gasteiger partial charge >= 0.3 is 0 Å². The molecule has 1 saturated heterocycles. The zero-order chi connectivity index (χ0) is 25.6. The summed E-state index contributed by atoms with van der Waals surface area (Å²) in [5.74, 6) is 1.83. The van der Waals surface area contributed by atoms with Crippen molar-refractivity contribution in [1.29, 1.82) is 0 Å². The van der Waals surface area contributed by atoms with E-state index in [1.54, 1.807) is 27.1 Å². The Hall–Kier alpha value is -2.89. The Morgan fingerprint density at radius 3 is 2.58 bits per heavy atom. The molecule has 3 aromatic rings. The van der Waals surface area contributed by atoms with Crippen molar-refractivity contribution in [3.63, 3.8) is 0 Å². The number of nitrogens with one attached hydrogen (secondary N) is 3. The second-order valence-corrected chi connectivity index (χ2v) is 12.5. The van der Waals surface area contributed by atoms with E-state index in [9.17, 15) is 8.42 Å². The lowest BCUT2D eigenvalue weighted by molar-refractivity contribution is 0.303. The van der Waals surface area contributed by atoms with Gasteiger partial charge in [0, 0.05) is 32.3 Å². The van der Waals surface area contributed by atoms with Crippen LogP contribution < -0.4 is 20.7 Å². The minimum absolute atomic E-state index is 0.0546. The molecule has 3 heterocycles. The summed E-state index contributed by atoms with van der Waals surface area (Å²) in [7, 11) is -1.96. The van der Waals surface area contributed by atoms with Gasteiger partial charge in [0.2, 0.25) is 20.8 Å². The van der Waals surface area contributed by atoms with E-state index < -0.39 is 15.1 Å². The average Bonchev–Trinajstić information content (AvgIpc) is 3.51. The number of nitrogens with zero attached hydrogens (tertiary/aromatic N) is 4. The van der Waals surface area contributed by atoms with Gasteiger partial charge < -0.3 is 20.7 Å². The summed E-state index contributed by atoms with van der Waals surface area (Å²) in [6, 6.07) is 4.18. The van der Waals surface area contributed by atoms with Gasteiger partial charge in [-0.2, -0.15) is 10.1 Å². The molecular weight excluding hydrogens is 502 g/mol. The average molecular weight is 532 g/mol. The van der Waals surface area contributed by atoms with Crippen LogP contribution in [0.4, 0.5) is 23.1 Å². The van der Waals surface area contributed by atoms with E-state index in [1.807, 2.05) is 0 Å². The Morgan fingerprint density at radius 1 is 1.19 bits per heavy atom. The van der Waals surface area contributed by atoms with Gasteiger partial charge in [-0.3, -0.25) is 4.68 Å². The van der Waals surface area contributed by atoms with Gasteiger partial charge in [-0.15, -0.1) is 0 Å². The van der Waals surface area contributed by atoms with Crippen molar-refractivity contribution in [3.05, 3.63) is 40.7 Å². The van der Waals surface area contributed by atoms with Crippen LogP contribution in [0, 0.1) is 6.92 Å². The molecule has 1 aliphatic carbocycles. The lowest BCUT2D eigenvalue weighted by atomic mass is 9.89. The first-order valence-corrected chi connectivity index (χ1v) is 13.9. The normalized spacial score (nSPS) is 16.2. The third kappa shape index (κ3) is 5.00. The number of hydrogen-bond donors (Lipinski definition) is 3. The zero-order valence-electron chi connectivity index (χ0n) is 20.7. The predicted molar refractivity (Wildman–Crippen MR) is 140 cm³/mol. The molecule has 192 valence electrons. The number of halogens is 1. The predicted octanol–water partition coefficient (Wildman–Crippen LogP) is 4.07. The molecule has 2 aliphatic rings. The summed E-state index contributed by atoms with van der Waals surface area (Å²) in [5.41, 5.74) is 3.51. The van der Waals surface area contributed by atoms with E-state index >= 15 is 0 Å². The fourth-order valence-electron chi connectivity index (χ4n) is 3.96. The van der Waals surface area contributed by atoms with Crippen LogP contribution in [0.2, 0.25) is 5.02 Å². The lowest BCUT2D eigenvalue weighted by Crippen LogP contribution is -2.40. The van der Waals surface area contributed by atoms with Crippen LogP contribution in [0.15, 0.2) is 29.6 Å². The first kappa shape index (κ1) is 24.8. The fourth-order valence-corrected chi connectivity index (χ4v) is 5.20. The van der Waals surface area contributed by atoms with Gasteiger partial charge in [-0.1, -0.05) is 11.6 Å². The summed E-state index contributed by atoms with van der Waals surface area (Å²) in [5, 5.41) is 13.3. The maximum absolute atomic E-state index is 12.8. The number of aromatic nitrogens is 4. The first-order chi connectivity index (χ1) is 17.1. The molecule has 5 rings (SSSR count). The quantitative estimate of drug-likeness (QED) is 0.375. The molecule has 3 N–H and O–H groups in total. The molecule has 0 atom stereocenters. The number of sulfone groups is 1. The Morgan fingerprint density at radius 2 is 1.94 bits per heavy atom. The Balaban J connectivity index is 1.45. The molecule has 0 radical (unpaired) electrons. The molecule has 10 nitrogen and oxygen atoms in total. The lowest BCUT2D eigenvalue weighted by Gasteiger charge is -2.29. The molecule has 12 heteroatoms. The Bertz CT molecular complexity index is 1400. The molecule has 36 heavy (non-hydrogen) atoms. The number of hydrogen-bond acceptors (Lipinski definition) is 9. The number of aryl methyl sites for hydroxylation is 2.